The minimum atomic E-state index is -0.316. The van der Waals surface area contributed by atoms with Crippen molar-refractivity contribution in [3.8, 4) is 5.75 Å². The Morgan fingerprint density at radius 1 is 1.17 bits per heavy atom. The van der Waals surface area contributed by atoms with Crippen molar-refractivity contribution in [1.82, 2.24) is 0 Å². The van der Waals surface area contributed by atoms with Gasteiger partial charge in [-0.05, 0) is 42.5 Å². The molecule has 0 aliphatic carbocycles. The second-order valence-electron chi connectivity index (χ2n) is 3.80. The summed E-state index contributed by atoms with van der Waals surface area (Å²) in [5.74, 6) is 0.401. The van der Waals surface area contributed by atoms with Crippen LogP contribution in [0.3, 0.4) is 0 Å². The molecular weight excluding hydrogens is 253 g/mol. The Morgan fingerprint density at radius 3 is 2.56 bits per heavy atom. The van der Waals surface area contributed by atoms with Crippen molar-refractivity contribution in [2.45, 2.75) is 6.61 Å². The summed E-state index contributed by atoms with van der Waals surface area (Å²) >= 11 is 5.95. The molecule has 18 heavy (non-hydrogen) atoms. The van der Waals surface area contributed by atoms with Gasteiger partial charge in [-0.1, -0.05) is 11.6 Å². The van der Waals surface area contributed by atoms with Gasteiger partial charge in [-0.15, -0.1) is 0 Å². The average molecular weight is 266 g/mol. The number of hydrogen-bond donors (Lipinski definition) is 1. The highest BCUT2D eigenvalue weighted by Crippen LogP contribution is 2.21. The lowest BCUT2D eigenvalue weighted by Gasteiger charge is -2.08. The van der Waals surface area contributed by atoms with Crippen LogP contribution in [0.1, 0.15) is 5.56 Å². The first kappa shape index (κ1) is 12.7. The van der Waals surface area contributed by atoms with Crippen molar-refractivity contribution in [1.29, 1.82) is 0 Å². The Balaban J connectivity index is 2.04. The zero-order chi connectivity index (χ0) is 13.0. The molecule has 0 radical (unpaired) electrons. The van der Waals surface area contributed by atoms with E-state index in [0.29, 0.717) is 16.3 Å². The van der Waals surface area contributed by atoms with Gasteiger partial charge in [0.1, 0.15) is 18.2 Å². The van der Waals surface area contributed by atoms with E-state index >= 15 is 0 Å². The number of halogens is 2. The third-order valence-electron chi connectivity index (χ3n) is 2.55. The van der Waals surface area contributed by atoms with Crippen LogP contribution < -0.4 is 10.1 Å². The zero-order valence-electron chi connectivity index (χ0n) is 9.91. The van der Waals surface area contributed by atoms with E-state index in [-0.39, 0.29) is 12.4 Å². The van der Waals surface area contributed by atoms with Gasteiger partial charge in [0.15, 0.2) is 0 Å². The summed E-state index contributed by atoms with van der Waals surface area (Å²) in [6.07, 6.45) is 0. The minimum Gasteiger partial charge on any atom is -0.489 e. The molecule has 2 rings (SSSR count). The molecule has 0 aromatic heterocycles. The van der Waals surface area contributed by atoms with Crippen molar-refractivity contribution in [2.24, 2.45) is 0 Å². The van der Waals surface area contributed by atoms with Crippen LogP contribution in [0.15, 0.2) is 42.5 Å². The van der Waals surface area contributed by atoms with E-state index in [2.05, 4.69) is 5.32 Å². The van der Waals surface area contributed by atoms with Gasteiger partial charge in [0.2, 0.25) is 0 Å². The van der Waals surface area contributed by atoms with E-state index in [4.69, 9.17) is 16.3 Å². The Bertz CT molecular complexity index is 528. The highest BCUT2D eigenvalue weighted by atomic mass is 35.5. The van der Waals surface area contributed by atoms with Gasteiger partial charge in [-0.25, -0.2) is 4.39 Å². The SMILES string of the molecule is CNc1ccc(OCc2cc(F)ccc2Cl)cc1. The van der Waals surface area contributed by atoms with Crippen molar-refractivity contribution in [3.63, 3.8) is 0 Å². The van der Waals surface area contributed by atoms with Crippen LogP contribution in [0.4, 0.5) is 10.1 Å². The van der Waals surface area contributed by atoms with Crippen molar-refractivity contribution in [3.05, 3.63) is 58.9 Å². The first-order valence-electron chi connectivity index (χ1n) is 5.53. The summed E-state index contributed by atoms with van der Waals surface area (Å²) in [6, 6.07) is 11.7. The van der Waals surface area contributed by atoms with Crippen LogP contribution >= 0.6 is 11.6 Å². The van der Waals surface area contributed by atoms with Crippen LogP contribution in [-0.4, -0.2) is 7.05 Å². The van der Waals surface area contributed by atoms with Gasteiger partial charge in [-0.3, -0.25) is 0 Å². The number of nitrogens with one attached hydrogen (secondary N) is 1. The quantitative estimate of drug-likeness (QED) is 0.899. The Morgan fingerprint density at radius 2 is 1.89 bits per heavy atom. The molecule has 0 aliphatic rings. The van der Waals surface area contributed by atoms with Crippen LogP contribution in [0, 0.1) is 5.82 Å². The van der Waals surface area contributed by atoms with E-state index in [1.807, 2.05) is 31.3 Å². The molecule has 0 saturated carbocycles. The molecule has 94 valence electrons. The maximum Gasteiger partial charge on any atom is 0.123 e. The van der Waals surface area contributed by atoms with Crippen molar-refractivity contribution >= 4 is 17.3 Å². The highest BCUT2D eigenvalue weighted by Gasteiger charge is 2.03. The normalized spacial score (nSPS) is 10.2. The lowest BCUT2D eigenvalue weighted by molar-refractivity contribution is 0.305. The summed E-state index contributed by atoms with van der Waals surface area (Å²) in [5.41, 5.74) is 1.64. The highest BCUT2D eigenvalue weighted by molar-refractivity contribution is 6.31. The van der Waals surface area contributed by atoms with Gasteiger partial charge in [-0.2, -0.15) is 0 Å². The van der Waals surface area contributed by atoms with E-state index < -0.39 is 0 Å². The first-order chi connectivity index (χ1) is 8.69. The van der Waals surface area contributed by atoms with Gasteiger partial charge in [0.05, 0.1) is 0 Å². The molecule has 0 fully saturated rings. The minimum absolute atomic E-state index is 0.246. The lowest BCUT2D eigenvalue weighted by Crippen LogP contribution is -1.97. The Hall–Kier alpha value is -1.74. The fourth-order valence-corrected chi connectivity index (χ4v) is 1.70. The molecule has 0 atom stereocenters. The Labute approximate surface area is 110 Å². The molecule has 0 aliphatic heterocycles. The van der Waals surface area contributed by atoms with Gasteiger partial charge >= 0.3 is 0 Å². The summed E-state index contributed by atoms with van der Waals surface area (Å²) in [6.45, 7) is 0.246. The molecule has 4 heteroatoms. The molecule has 2 aromatic rings. The second-order valence-corrected chi connectivity index (χ2v) is 4.21. The average Bonchev–Trinajstić information content (AvgIpc) is 2.40. The van der Waals surface area contributed by atoms with E-state index in [0.717, 1.165) is 5.69 Å². The zero-order valence-corrected chi connectivity index (χ0v) is 10.7. The smallest absolute Gasteiger partial charge is 0.123 e. The van der Waals surface area contributed by atoms with Gasteiger partial charge in [0.25, 0.3) is 0 Å². The summed E-state index contributed by atoms with van der Waals surface area (Å²) in [5, 5.41) is 3.52. The van der Waals surface area contributed by atoms with Crippen LogP contribution in [0.25, 0.3) is 0 Å². The molecule has 0 bridgehead atoms. The molecule has 0 spiro atoms. The maximum absolute atomic E-state index is 13.0. The number of hydrogen-bond acceptors (Lipinski definition) is 2. The molecular formula is C14H13ClFNO. The third-order valence-corrected chi connectivity index (χ3v) is 2.91. The molecule has 0 unspecified atom stereocenters. The van der Waals surface area contributed by atoms with Crippen LogP contribution in [0.2, 0.25) is 5.02 Å². The number of anilines is 1. The third kappa shape index (κ3) is 3.14. The predicted octanol–water partition coefficient (Wildman–Crippen LogP) is 4.10. The molecule has 0 amide bonds. The topological polar surface area (TPSA) is 21.3 Å². The van der Waals surface area contributed by atoms with E-state index in [1.54, 1.807) is 0 Å². The fourth-order valence-electron chi connectivity index (χ4n) is 1.53. The van der Waals surface area contributed by atoms with Crippen molar-refractivity contribution < 1.29 is 9.13 Å². The van der Waals surface area contributed by atoms with E-state index in [9.17, 15) is 4.39 Å². The number of benzene rings is 2. The monoisotopic (exact) mass is 265 g/mol. The van der Waals surface area contributed by atoms with E-state index in [1.165, 1.54) is 18.2 Å². The lowest BCUT2D eigenvalue weighted by atomic mass is 10.2. The first-order valence-corrected chi connectivity index (χ1v) is 5.91. The predicted molar refractivity (Wildman–Crippen MR) is 71.7 cm³/mol. The Kier molecular flexibility index (Phi) is 4.05. The maximum atomic E-state index is 13.0. The molecule has 2 nitrogen and oxygen atoms in total. The molecule has 0 saturated heterocycles. The number of rotatable bonds is 4. The molecule has 2 aromatic carbocycles. The van der Waals surface area contributed by atoms with Crippen LogP contribution in [-0.2, 0) is 6.61 Å². The standard InChI is InChI=1S/C14H13ClFNO/c1-17-12-3-5-13(6-4-12)18-9-10-8-11(16)2-7-14(10)15/h2-8,17H,9H2,1H3. The van der Waals surface area contributed by atoms with Crippen molar-refractivity contribution in [2.75, 3.05) is 12.4 Å². The fraction of sp³-hybridized carbons (Fsp3) is 0.143. The van der Waals surface area contributed by atoms with Crippen LogP contribution in [0.5, 0.6) is 5.75 Å². The van der Waals surface area contributed by atoms with Gasteiger partial charge in [0, 0.05) is 23.3 Å². The summed E-state index contributed by atoms with van der Waals surface area (Å²) in [4.78, 5) is 0. The summed E-state index contributed by atoms with van der Waals surface area (Å²) < 4.78 is 18.6. The number of ether oxygens (including phenoxy) is 1. The molecule has 0 heterocycles. The largest absolute Gasteiger partial charge is 0.489 e. The summed E-state index contributed by atoms with van der Waals surface area (Å²) in [7, 11) is 1.85. The molecule has 1 N–H and O–H groups in total. The van der Waals surface area contributed by atoms with Gasteiger partial charge < -0.3 is 10.1 Å². The second kappa shape index (κ2) is 5.74.